The summed E-state index contributed by atoms with van der Waals surface area (Å²) < 4.78 is 1.43. The predicted molar refractivity (Wildman–Crippen MR) is 99.1 cm³/mol. The summed E-state index contributed by atoms with van der Waals surface area (Å²) >= 11 is 0. The summed E-state index contributed by atoms with van der Waals surface area (Å²) in [6.07, 6.45) is 1.56. The van der Waals surface area contributed by atoms with E-state index >= 15 is 0 Å². The summed E-state index contributed by atoms with van der Waals surface area (Å²) in [7, 11) is 0. The zero-order chi connectivity index (χ0) is 17.8. The Balaban J connectivity index is 1.85. The number of hydrogen-bond donors (Lipinski definition) is 1. The average molecular weight is 338 g/mol. The van der Waals surface area contributed by atoms with E-state index in [9.17, 15) is 9.59 Å². The molecule has 6 nitrogen and oxygen atoms in total. The highest BCUT2D eigenvalue weighted by molar-refractivity contribution is 5.94. The van der Waals surface area contributed by atoms with Crippen LogP contribution in [0.25, 0.3) is 16.6 Å². The quantitative estimate of drug-likeness (QED) is 0.697. The van der Waals surface area contributed by atoms with Gasteiger partial charge in [-0.05, 0) is 37.4 Å². The molecule has 130 valence electrons. The standard InChI is InChI=1S/C19H22N4O2/c1-3-22(4-2)12-11-20-18(24)14-9-10-17-21-16-8-6-5-7-15(16)19(25)23(17)13-14/h5-10,13H,3-4,11-12H2,1-2H3,(H,20,24). The molecule has 1 N–H and O–H groups in total. The fraction of sp³-hybridized carbons (Fsp3) is 0.316. The number of rotatable bonds is 6. The number of amides is 1. The minimum Gasteiger partial charge on any atom is -0.351 e. The molecule has 3 rings (SSSR count). The van der Waals surface area contributed by atoms with Crippen LogP contribution in [0.2, 0.25) is 0 Å². The maximum atomic E-state index is 12.6. The van der Waals surface area contributed by atoms with Gasteiger partial charge >= 0.3 is 0 Å². The average Bonchev–Trinajstić information content (AvgIpc) is 2.65. The second kappa shape index (κ2) is 7.44. The van der Waals surface area contributed by atoms with Crippen LogP contribution in [0.4, 0.5) is 0 Å². The number of benzene rings is 1. The maximum Gasteiger partial charge on any atom is 0.265 e. The normalized spacial score (nSPS) is 11.3. The van der Waals surface area contributed by atoms with Gasteiger partial charge in [0.25, 0.3) is 11.5 Å². The first kappa shape index (κ1) is 17.1. The van der Waals surface area contributed by atoms with E-state index in [2.05, 4.69) is 29.0 Å². The van der Waals surface area contributed by atoms with Crippen LogP contribution in [0.15, 0.2) is 47.4 Å². The van der Waals surface area contributed by atoms with Gasteiger partial charge in [-0.25, -0.2) is 4.98 Å². The van der Waals surface area contributed by atoms with E-state index in [1.807, 2.05) is 18.2 Å². The Morgan fingerprint density at radius 2 is 1.92 bits per heavy atom. The van der Waals surface area contributed by atoms with Gasteiger partial charge in [0, 0.05) is 19.3 Å². The van der Waals surface area contributed by atoms with Gasteiger partial charge in [0.15, 0.2) is 0 Å². The second-order valence-corrected chi connectivity index (χ2v) is 5.86. The van der Waals surface area contributed by atoms with E-state index in [4.69, 9.17) is 0 Å². The number of nitrogens with one attached hydrogen (secondary N) is 1. The van der Waals surface area contributed by atoms with Gasteiger partial charge in [-0.3, -0.25) is 14.0 Å². The number of fused-ring (bicyclic) bond motifs is 2. The Kier molecular flexibility index (Phi) is 5.09. The summed E-state index contributed by atoms with van der Waals surface area (Å²) in [6.45, 7) is 7.48. The molecule has 0 aliphatic rings. The van der Waals surface area contributed by atoms with Crippen LogP contribution in [-0.4, -0.2) is 46.4 Å². The van der Waals surface area contributed by atoms with E-state index in [-0.39, 0.29) is 11.5 Å². The molecule has 0 fully saturated rings. The highest BCUT2D eigenvalue weighted by Crippen LogP contribution is 2.10. The van der Waals surface area contributed by atoms with Crippen molar-refractivity contribution in [2.45, 2.75) is 13.8 Å². The van der Waals surface area contributed by atoms with E-state index in [1.54, 1.807) is 24.4 Å². The van der Waals surface area contributed by atoms with E-state index in [1.165, 1.54) is 4.40 Å². The first-order valence-electron chi connectivity index (χ1n) is 8.55. The molecule has 0 saturated heterocycles. The summed E-state index contributed by atoms with van der Waals surface area (Å²) in [5, 5.41) is 3.44. The molecule has 6 heteroatoms. The Labute approximate surface area is 146 Å². The molecule has 0 radical (unpaired) electrons. The van der Waals surface area contributed by atoms with Crippen molar-refractivity contribution >= 4 is 22.5 Å². The van der Waals surface area contributed by atoms with Crippen LogP contribution in [0.5, 0.6) is 0 Å². The molecular formula is C19H22N4O2. The van der Waals surface area contributed by atoms with Crippen molar-refractivity contribution in [1.29, 1.82) is 0 Å². The lowest BCUT2D eigenvalue weighted by molar-refractivity contribution is 0.0948. The molecule has 3 aromatic rings. The fourth-order valence-electron chi connectivity index (χ4n) is 2.86. The summed E-state index contributed by atoms with van der Waals surface area (Å²) in [5.74, 6) is -0.186. The fourth-order valence-corrected chi connectivity index (χ4v) is 2.86. The molecule has 0 spiro atoms. The summed E-state index contributed by atoms with van der Waals surface area (Å²) in [6, 6.07) is 10.6. The first-order chi connectivity index (χ1) is 12.1. The van der Waals surface area contributed by atoms with E-state index in [0.717, 1.165) is 19.6 Å². The van der Waals surface area contributed by atoms with Crippen molar-refractivity contribution in [3.05, 3.63) is 58.5 Å². The number of pyridine rings is 1. The molecule has 0 unspecified atom stereocenters. The third-order valence-corrected chi connectivity index (χ3v) is 4.39. The number of para-hydroxylation sites is 1. The van der Waals surface area contributed by atoms with Crippen molar-refractivity contribution in [2.75, 3.05) is 26.2 Å². The number of aromatic nitrogens is 2. The highest BCUT2D eigenvalue weighted by Gasteiger charge is 2.10. The van der Waals surface area contributed by atoms with Gasteiger partial charge in [0.05, 0.1) is 16.5 Å². The predicted octanol–water partition coefficient (Wildman–Crippen LogP) is 1.92. The minimum atomic E-state index is -0.186. The highest BCUT2D eigenvalue weighted by atomic mass is 16.1. The van der Waals surface area contributed by atoms with Gasteiger partial charge in [0.1, 0.15) is 5.65 Å². The Morgan fingerprint density at radius 3 is 2.68 bits per heavy atom. The largest absolute Gasteiger partial charge is 0.351 e. The molecule has 0 aliphatic heterocycles. The van der Waals surface area contributed by atoms with Gasteiger partial charge in [-0.2, -0.15) is 0 Å². The Bertz CT molecular complexity index is 960. The smallest absolute Gasteiger partial charge is 0.265 e. The van der Waals surface area contributed by atoms with Crippen molar-refractivity contribution in [1.82, 2.24) is 19.6 Å². The van der Waals surface area contributed by atoms with Crippen LogP contribution in [0.3, 0.4) is 0 Å². The number of likely N-dealkylation sites (N-methyl/N-ethyl adjacent to an activating group) is 1. The van der Waals surface area contributed by atoms with Crippen LogP contribution < -0.4 is 10.9 Å². The van der Waals surface area contributed by atoms with Crippen LogP contribution in [0.1, 0.15) is 24.2 Å². The molecule has 0 atom stereocenters. The second-order valence-electron chi connectivity index (χ2n) is 5.86. The molecule has 0 aliphatic carbocycles. The van der Waals surface area contributed by atoms with Gasteiger partial charge in [0.2, 0.25) is 0 Å². The molecule has 1 amide bonds. The Morgan fingerprint density at radius 1 is 1.16 bits per heavy atom. The minimum absolute atomic E-state index is 0.168. The lowest BCUT2D eigenvalue weighted by atomic mass is 10.2. The van der Waals surface area contributed by atoms with E-state index in [0.29, 0.717) is 28.7 Å². The molecule has 0 bridgehead atoms. The van der Waals surface area contributed by atoms with Crippen molar-refractivity contribution in [3.8, 4) is 0 Å². The molecule has 2 aromatic heterocycles. The third-order valence-electron chi connectivity index (χ3n) is 4.39. The van der Waals surface area contributed by atoms with Crippen LogP contribution >= 0.6 is 0 Å². The van der Waals surface area contributed by atoms with Crippen molar-refractivity contribution < 1.29 is 4.79 Å². The molecule has 2 heterocycles. The zero-order valence-electron chi connectivity index (χ0n) is 14.5. The van der Waals surface area contributed by atoms with Crippen LogP contribution in [0, 0.1) is 0 Å². The van der Waals surface area contributed by atoms with Gasteiger partial charge in [-0.15, -0.1) is 0 Å². The van der Waals surface area contributed by atoms with E-state index < -0.39 is 0 Å². The summed E-state index contributed by atoms with van der Waals surface area (Å²) in [5.41, 5.74) is 1.47. The SMILES string of the molecule is CCN(CC)CCNC(=O)c1ccc2nc3ccccc3c(=O)n2c1. The molecule has 0 saturated carbocycles. The van der Waals surface area contributed by atoms with Crippen molar-refractivity contribution in [2.24, 2.45) is 0 Å². The topological polar surface area (TPSA) is 66.7 Å². The van der Waals surface area contributed by atoms with Gasteiger partial charge < -0.3 is 10.2 Å². The lowest BCUT2D eigenvalue weighted by Crippen LogP contribution is -2.35. The zero-order valence-corrected chi connectivity index (χ0v) is 14.5. The maximum absolute atomic E-state index is 12.6. The monoisotopic (exact) mass is 338 g/mol. The third kappa shape index (κ3) is 3.53. The molecular weight excluding hydrogens is 316 g/mol. The first-order valence-corrected chi connectivity index (χ1v) is 8.55. The lowest BCUT2D eigenvalue weighted by Gasteiger charge is -2.18. The molecule has 1 aromatic carbocycles. The van der Waals surface area contributed by atoms with Crippen LogP contribution in [-0.2, 0) is 0 Å². The number of nitrogens with zero attached hydrogens (tertiary/aromatic N) is 3. The molecule has 25 heavy (non-hydrogen) atoms. The number of carbonyl (C=O) groups is 1. The van der Waals surface area contributed by atoms with Gasteiger partial charge in [-0.1, -0.05) is 26.0 Å². The summed E-state index contributed by atoms with van der Waals surface area (Å²) in [4.78, 5) is 31.7. The number of carbonyl (C=O) groups excluding carboxylic acids is 1. The Hall–Kier alpha value is -2.73. The van der Waals surface area contributed by atoms with Crippen molar-refractivity contribution in [3.63, 3.8) is 0 Å². The number of hydrogen-bond acceptors (Lipinski definition) is 4.